The molecular formula is C23H21ClF2N4O. The minimum absolute atomic E-state index is 0.0465. The second-order valence-corrected chi connectivity index (χ2v) is 7.97. The molecule has 1 aliphatic heterocycles. The Hall–Kier alpha value is -2.90. The summed E-state index contributed by atoms with van der Waals surface area (Å²) in [6.07, 6.45) is 6.17. The summed E-state index contributed by atoms with van der Waals surface area (Å²) >= 11 is 5.94. The molecule has 160 valence electrons. The summed E-state index contributed by atoms with van der Waals surface area (Å²) in [7, 11) is 0. The van der Waals surface area contributed by atoms with Gasteiger partial charge in [0.25, 0.3) is 5.91 Å². The number of benzene rings is 2. The van der Waals surface area contributed by atoms with Crippen molar-refractivity contribution in [1.29, 1.82) is 0 Å². The number of nitrogens with one attached hydrogen (secondary N) is 1. The van der Waals surface area contributed by atoms with E-state index in [9.17, 15) is 13.6 Å². The lowest BCUT2D eigenvalue weighted by Gasteiger charge is -2.38. The molecule has 1 amide bonds. The van der Waals surface area contributed by atoms with Crippen LogP contribution in [0, 0.1) is 11.6 Å². The highest BCUT2D eigenvalue weighted by Gasteiger charge is 2.30. The van der Waals surface area contributed by atoms with E-state index in [0.717, 1.165) is 5.56 Å². The van der Waals surface area contributed by atoms with Gasteiger partial charge in [0, 0.05) is 53.2 Å². The zero-order chi connectivity index (χ0) is 21.8. The highest BCUT2D eigenvalue weighted by molar-refractivity contribution is 6.30. The molecule has 0 spiro atoms. The number of aromatic nitrogens is 2. The number of carbonyl (C=O) groups excluding carboxylic acids is 1. The Kier molecular flexibility index (Phi) is 6.53. The maximum Gasteiger partial charge on any atom is 0.251 e. The van der Waals surface area contributed by atoms with Crippen molar-refractivity contribution in [2.75, 3.05) is 13.1 Å². The zero-order valence-corrected chi connectivity index (χ0v) is 17.4. The van der Waals surface area contributed by atoms with Crippen molar-refractivity contribution < 1.29 is 13.6 Å². The van der Waals surface area contributed by atoms with E-state index in [-0.39, 0.29) is 23.8 Å². The van der Waals surface area contributed by atoms with Gasteiger partial charge in [-0.1, -0.05) is 23.7 Å². The van der Waals surface area contributed by atoms with E-state index in [1.54, 1.807) is 30.6 Å². The molecule has 5 nitrogen and oxygen atoms in total. The van der Waals surface area contributed by atoms with Crippen LogP contribution in [0.25, 0.3) is 0 Å². The van der Waals surface area contributed by atoms with Crippen LogP contribution < -0.4 is 5.32 Å². The number of likely N-dealkylation sites (tertiary alicyclic amines) is 1. The first-order valence-corrected chi connectivity index (χ1v) is 10.4. The number of carbonyl (C=O) groups is 1. The molecule has 1 unspecified atom stereocenters. The normalized spacial score (nSPS) is 16.1. The number of rotatable bonds is 5. The van der Waals surface area contributed by atoms with Crippen LogP contribution in [-0.4, -0.2) is 39.9 Å². The Balaban J connectivity index is 1.48. The summed E-state index contributed by atoms with van der Waals surface area (Å²) in [6, 6.07) is 9.88. The molecule has 2 aromatic carbocycles. The minimum atomic E-state index is -0.444. The molecule has 0 aliphatic carbocycles. The second kappa shape index (κ2) is 9.49. The number of halogens is 3. The lowest BCUT2D eigenvalue weighted by atomic mass is 9.95. The monoisotopic (exact) mass is 442 g/mol. The van der Waals surface area contributed by atoms with Crippen molar-refractivity contribution in [2.24, 2.45) is 0 Å². The first-order valence-electron chi connectivity index (χ1n) is 10.0. The molecule has 1 aromatic heterocycles. The quantitative estimate of drug-likeness (QED) is 0.636. The number of amides is 1. The van der Waals surface area contributed by atoms with Crippen molar-refractivity contribution in [3.05, 3.63) is 94.5 Å². The van der Waals surface area contributed by atoms with Gasteiger partial charge in [-0.15, -0.1) is 0 Å². The standard InChI is InChI=1S/C23H21ClF2N4O/c24-17-4-5-20(21(26)11-17)22(16-12-27-14-28-13-16)30-8-6-19(7-9-30)29-23(31)15-2-1-3-18(25)10-15/h1-5,10-14,19,22H,6-9H2,(H,29,31). The van der Waals surface area contributed by atoms with Crippen molar-refractivity contribution in [3.8, 4) is 0 Å². The van der Waals surface area contributed by atoms with Crippen LogP contribution in [-0.2, 0) is 0 Å². The van der Waals surface area contributed by atoms with Gasteiger partial charge in [-0.2, -0.15) is 0 Å². The Bertz CT molecular complexity index is 1060. The van der Waals surface area contributed by atoms with Crippen molar-refractivity contribution in [1.82, 2.24) is 20.2 Å². The molecule has 1 fully saturated rings. The molecule has 1 saturated heterocycles. The lowest BCUT2D eigenvalue weighted by molar-refractivity contribution is 0.0899. The van der Waals surface area contributed by atoms with Crippen LogP contribution in [0.4, 0.5) is 8.78 Å². The second-order valence-electron chi connectivity index (χ2n) is 7.53. The molecule has 3 aromatic rings. The SMILES string of the molecule is O=C(NC1CCN(C(c2cncnc2)c2ccc(Cl)cc2F)CC1)c1cccc(F)c1. The van der Waals surface area contributed by atoms with Crippen molar-refractivity contribution >= 4 is 17.5 Å². The van der Waals surface area contributed by atoms with Gasteiger partial charge >= 0.3 is 0 Å². The highest BCUT2D eigenvalue weighted by atomic mass is 35.5. The van der Waals surface area contributed by atoms with Crippen LogP contribution in [0.2, 0.25) is 5.02 Å². The third-order valence-corrected chi connectivity index (χ3v) is 5.71. The topological polar surface area (TPSA) is 58.1 Å². The molecular weight excluding hydrogens is 422 g/mol. The largest absolute Gasteiger partial charge is 0.349 e. The fourth-order valence-electron chi connectivity index (χ4n) is 3.96. The Labute approximate surface area is 184 Å². The summed E-state index contributed by atoms with van der Waals surface area (Å²) in [5, 5.41) is 3.31. The number of piperidine rings is 1. The third-order valence-electron chi connectivity index (χ3n) is 5.47. The van der Waals surface area contributed by atoms with Gasteiger partial charge in [0.1, 0.15) is 18.0 Å². The first kappa shape index (κ1) is 21.3. The van der Waals surface area contributed by atoms with E-state index >= 15 is 0 Å². The minimum Gasteiger partial charge on any atom is -0.349 e. The summed E-state index contributed by atoms with van der Waals surface area (Å²) < 4.78 is 28.2. The van der Waals surface area contributed by atoms with Crippen molar-refractivity contribution in [2.45, 2.75) is 24.9 Å². The van der Waals surface area contributed by atoms with Crippen LogP contribution >= 0.6 is 11.6 Å². The molecule has 1 atom stereocenters. The third kappa shape index (κ3) is 5.06. The van der Waals surface area contributed by atoms with E-state index in [2.05, 4.69) is 20.2 Å². The predicted octanol–water partition coefficient (Wildman–Crippen LogP) is 4.39. The zero-order valence-electron chi connectivity index (χ0n) is 16.6. The average Bonchev–Trinajstić information content (AvgIpc) is 2.77. The summed E-state index contributed by atoms with van der Waals surface area (Å²) in [4.78, 5) is 22.8. The van der Waals surface area contributed by atoms with E-state index in [1.807, 2.05) is 0 Å². The Morgan fingerprint density at radius 1 is 1.10 bits per heavy atom. The fraction of sp³-hybridized carbons (Fsp3) is 0.261. The van der Waals surface area contributed by atoms with Crippen molar-refractivity contribution in [3.63, 3.8) is 0 Å². The van der Waals surface area contributed by atoms with Gasteiger partial charge in [-0.25, -0.2) is 18.7 Å². The van der Waals surface area contributed by atoms with E-state index < -0.39 is 5.82 Å². The van der Waals surface area contributed by atoms with Crippen LogP contribution in [0.15, 0.2) is 61.2 Å². The van der Waals surface area contributed by atoms with Gasteiger partial charge in [-0.3, -0.25) is 9.69 Å². The molecule has 1 N–H and O–H groups in total. The highest BCUT2D eigenvalue weighted by Crippen LogP contribution is 2.33. The Morgan fingerprint density at radius 2 is 1.84 bits per heavy atom. The Morgan fingerprint density at radius 3 is 2.52 bits per heavy atom. The maximum absolute atomic E-state index is 14.8. The first-order chi connectivity index (χ1) is 15.0. The number of nitrogens with zero attached hydrogens (tertiary/aromatic N) is 3. The van der Waals surface area contributed by atoms with Gasteiger partial charge in [0.05, 0.1) is 6.04 Å². The van der Waals surface area contributed by atoms with Crippen LogP contribution in [0.5, 0.6) is 0 Å². The average molecular weight is 443 g/mol. The molecule has 2 heterocycles. The summed E-state index contributed by atoms with van der Waals surface area (Å²) in [6.45, 7) is 1.27. The predicted molar refractivity (Wildman–Crippen MR) is 114 cm³/mol. The smallest absolute Gasteiger partial charge is 0.251 e. The van der Waals surface area contributed by atoms with Crippen LogP contribution in [0.1, 0.15) is 40.4 Å². The number of hydrogen-bond acceptors (Lipinski definition) is 4. The fourth-order valence-corrected chi connectivity index (χ4v) is 4.12. The van der Waals surface area contributed by atoms with E-state index in [0.29, 0.717) is 42.1 Å². The molecule has 8 heteroatoms. The summed E-state index contributed by atoms with van der Waals surface area (Å²) in [5.41, 5.74) is 1.58. The van der Waals surface area contributed by atoms with E-state index in [1.165, 1.54) is 30.6 Å². The van der Waals surface area contributed by atoms with Gasteiger partial charge < -0.3 is 5.32 Å². The molecule has 0 bridgehead atoms. The van der Waals surface area contributed by atoms with Crippen LogP contribution in [0.3, 0.4) is 0 Å². The molecule has 4 rings (SSSR count). The van der Waals surface area contributed by atoms with Gasteiger partial charge in [-0.05, 0) is 43.2 Å². The molecule has 0 radical (unpaired) electrons. The molecule has 31 heavy (non-hydrogen) atoms. The van der Waals surface area contributed by atoms with E-state index in [4.69, 9.17) is 11.6 Å². The van der Waals surface area contributed by atoms with Gasteiger partial charge in [0.2, 0.25) is 0 Å². The lowest BCUT2D eigenvalue weighted by Crippen LogP contribution is -2.46. The molecule has 1 aliphatic rings. The maximum atomic E-state index is 14.8. The number of hydrogen-bond donors (Lipinski definition) is 1. The summed E-state index contributed by atoms with van der Waals surface area (Å²) in [5.74, 6) is -1.13. The molecule has 0 saturated carbocycles. The van der Waals surface area contributed by atoms with Gasteiger partial charge in [0.15, 0.2) is 0 Å².